The van der Waals surface area contributed by atoms with Gasteiger partial charge in [-0.3, -0.25) is 4.79 Å². The monoisotopic (exact) mass is 304 g/mol. The van der Waals surface area contributed by atoms with Gasteiger partial charge >= 0.3 is 6.09 Å². The quantitative estimate of drug-likeness (QED) is 0.874. The highest BCUT2D eigenvalue weighted by atomic mass is 16.6. The van der Waals surface area contributed by atoms with Crippen molar-refractivity contribution in [2.24, 2.45) is 0 Å². The highest BCUT2D eigenvalue weighted by molar-refractivity contribution is 5.93. The molecule has 1 saturated heterocycles. The number of hydrogen-bond donors (Lipinski definition) is 1. The van der Waals surface area contributed by atoms with Crippen molar-refractivity contribution >= 4 is 12.0 Å². The number of alkyl carbamates (subject to hydrolysis) is 1. The van der Waals surface area contributed by atoms with Gasteiger partial charge in [-0.2, -0.15) is 0 Å². The summed E-state index contributed by atoms with van der Waals surface area (Å²) >= 11 is 0. The molecule has 1 aliphatic rings. The third-order valence-corrected chi connectivity index (χ3v) is 3.76. The minimum Gasteiger partial charge on any atom is -0.444 e. The Morgan fingerprint density at radius 3 is 2.36 bits per heavy atom. The first-order valence-corrected chi connectivity index (χ1v) is 7.46. The Balaban J connectivity index is 1.99. The second-order valence-corrected chi connectivity index (χ2v) is 7.14. The second kappa shape index (κ2) is 5.63. The molecule has 120 valence electrons. The molecule has 2 rings (SSSR count). The molecule has 0 spiro atoms. The number of nitrogens with zero attached hydrogens (tertiary/aromatic N) is 1. The Morgan fingerprint density at radius 1 is 1.27 bits per heavy atom. The minimum absolute atomic E-state index is 0.0836. The number of benzene rings is 1. The van der Waals surface area contributed by atoms with Crippen LogP contribution in [0.1, 0.15) is 40.2 Å². The summed E-state index contributed by atoms with van der Waals surface area (Å²) in [6.07, 6.45) is -0.557. The van der Waals surface area contributed by atoms with Crippen LogP contribution in [-0.2, 0) is 16.1 Å². The van der Waals surface area contributed by atoms with E-state index in [1.54, 1.807) is 25.7 Å². The highest BCUT2D eigenvalue weighted by Gasteiger charge is 2.54. The molecule has 0 saturated carbocycles. The lowest BCUT2D eigenvalue weighted by Gasteiger charge is -2.54. The van der Waals surface area contributed by atoms with Crippen molar-refractivity contribution in [3.8, 4) is 0 Å². The van der Waals surface area contributed by atoms with Gasteiger partial charge in [0.05, 0.1) is 5.54 Å². The maximum absolute atomic E-state index is 12.3. The van der Waals surface area contributed by atoms with Crippen LogP contribution in [0.25, 0.3) is 0 Å². The van der Waals surface area contributed by atoms with E-state index in [2.05, 4.69) is 5.32 Å². The fourth-order valence-electron chi connectivity index (χ4n) is 2.54. The topological polar surface area (TPSA) is 58.6 Å². The van der Waals surface area contributed by atoms with Crippen molar-refractivity contribution in [1.29, 1.82) is 0 Å². The smallest absolute Gasteiger partial charge is 0.408 e. The number of ether oxygens (including phenoxy) is 1. The van der Waals surface area contributed by atoms with Crippen LogP contribution >= 0.6 is 0 Å². The van der Waals surface area contributed by atoms with Gasteiger partial charge in [0.25, 0.3) is 0 Å². The van der Waals surface area contributed by atoms with Crippen LogP contribution in [0.5, 0.6) is 0 Å². The van der Waals surface area contributed by atoms with E-state index < -0.39 is 23.3 Å². The first-order chi connectivity index (χ1) is 10.1. The predicted octanol–water partition coefficient (Wildman–Crippen LogP) is 2.70. The van der Waals surface area contributed by atoms with Crippen LogP contribution in [0, 0.1) is 0 Å². The zero-order valence-corrected chi connectivity index (χ0v) is 13.8. The Labute approximate surface area is 131 Å². The van der Waals surface area contributed by atoms with E-state index in [1.807, 2.05) is 44.2 Å². The van der Waals surface area contributed by atoms with Crippen molar-refractivity contribution in [1.82, 2.24) is 10.2 Å². The van der Waals surface area contributed by atoms with Crippen molar-refractivity contribution in [2.45, 2.75) is 58.3 Å². The molecule has 1 aliphatic heterocycles. The second-order valence-electron chi connectivity index (χ2n) is 7.14. The lowest BCUT2D eigenvalue weighted by atomic mass is 9.81. The fourth-order valence-corrected chi connectivity index (χ4v) is 2.54. The lowest BCUT2D eigenvalue weighted by molar-refractivity contribution is -0.161. The molecule has 1 N–H and O–H groups in total. The third-order valence-electron chi connectivity index (χ3n) is 3.76. The van der Waals surface area contributed by atoms with Gasteiger partial charge in [0.1, 0.15) is 11.6 Å². The molecule has 1 heterocycles. The molecule has 22 heavy (non-hydrogen) atoms. The zero-order chi connectivity index (χ0) is 16.5. The van der Waals surface area contributed by atoms with Crippen molar-refractivity contribution in [3.63, 3.8) is 0 Å². The summed E-state index contributed by atoms with van der Waals surface area (Å²) in [7, 11) is 0. The number of nitrogens with one attached hydrogen (secondary N) is 1. The van der Waals surface area contributed by atoms with E-state index >= 15 is 0 Å². The van der Waals surface area contributed by atoms with Crippen LogP contribution in [-0.4, -0.2) is 34.1 Å². The van der Waals surface area contributed by atoms with Crippen molar-refractivity contribution in [2.75, 3.05) is 0 Å². The largest absolute Gasteiger partial charge is 0.444 e. The Bertz CT molecular complexity index is 561. The number of hydrogen-bond acceptors (Lipinski definition) is 3. The van der Waals surface area contributed by atoms with E-state index in [9.17, 15) is 9.59 Å². The number of rotatable bonds is 3. The fraction of sp³-hybridized carbons (Fsp3) is 0.529. The molecule has 1 aromatic rings. The summed E-state index contributed by atoms with van der Waals surface area (Å²) in [6, 6.07) is 9.26. The standard InChI is InChI=1S/C17H24N2O3/c1-16(2,3)22-15(21)18-13-14(20)19(17(13,4)5)11-12-9-7-6-8-10-12/h6-10,13H,11H2,1-5H3,(H,18,21)/t13-/m1/s1. The van der Waals surface area contributed by atoms with Gasteiger partial charge < -0.3 is 15.0 Å². The molecule has 0 aromatic heterocycles. The molecular weight excluding hydrogens is 280 g/mol. The van der Waals surface area contributed by atoms with Crippen molar-refractivity contribution < 1.29 is 14.3 Å². The van der Waals surface area contributed by atoms with E-state index in [0.717, 1.165) is 5.56 Å². The maximum Gasteiger partial charge on any atom is 0.408 e. The molecule has 5 nitrogen and oxygen atoms in total. The number of carbonyl (C=O) groups is 2. The first-order valence-electron chi connectivity index (χ1n) is 7.46. The van der Waals surface area contributed by atoms with E-state index in [1.165, 1.54) is 0 Å². The van der Waals surface area contributed by atoms with E-state index in [0.29, 0.717) is 6.54 Å². The van der Waals surface area contributed by atoms with Gasteiger partial charge in [-0.05, 0) is 40.2 Å². The molecule has 0 radical (unpaired) electrons. The molecule has 2 amide bonds. The van der Waals surface area contributed by atoms with Crippen LogP contribution in [0.3, 0.4) is 0 Å². The maximum atomic E-state index is 12.3. The summed E-state index contributed by atoms with van der Waals surface area (Å²) in [5, 5.41) is 2.68. The molecule has 5 heteroatoms. The predicted molar refractivity (Wildman–Crippen MR) is 84.2 cm³/mol. The van der Waals surface area contributed by atoms with Crippen LogP contribution in [0.15, 0.2) is 30.3 Å². The molecule has 1 atom stereocenters. The zero-order valence-electron chi connectivity index (χ0n) is 13.8. The first kappa shape index (κ1) is 16.3. The molecule has 0 unspecified atom stereocenters. The average molecular weight is 304 g/mol. The Kier molecular flexibility index (Phi) is 4.18. The highest BCUT2D eigenvalue weighted by Crippen LogP contribution is 2.33. The van der Waals surface area contributed by atoms with E-state index in [4.69, 9.17) is 4.74 Å². The Hall–Kier alpha value is -2.04. The van der Waals surface area contributed by atoms with Gasteiger partial charge in [0.2, 0.25) is 5.91 Å². The van der Waals surface area contributed by atoms with Gasteiger partial charge in [-0.25, -0.2) is 4.79 Å². The van der Waals surface area contributed by atoms with Gasteiger partial charge in [-0.1, -0.05) is 30.3 Å². The number of β-lactam (4-membered cyclic amide) rings is 1. The molecule has 1 aromatic carbocycles. The average Bonchev–Trinajstić information content (AvgIpc) is 2.41. The van der Waals surface area contributed by atoms with Crippen molar-refractivity contribution in [3.05, 3.63) is 35.9 Å². The molecule has 0 bridgehead atoms. The molecule has 0 aliphatic carbocycles. The van der Waals surface area contributed by atoms with Crippen LogP contribution in [0.2, 0.25) is 0 Å². The van der Waals surface area contributed by atoms with Gasteiger partial charge in [0.15, 0.2) is 0 Å². The summed E-state index contributed by atoms with van der Waals surface area (Å²) in [5.74, 6) is -0.0836. The summed E-state index contributed by atoms with van der Waals surface area (Å²) in [4.78, 5) is 26.0. The Morgan fingerprint density at radius 2 is 1.86 bits per heavy atom. The number of likely N-dealkylation sites (tertiary alicyclic amines) is 1. The summed E-state index contributed by atoms with van der Waals surface area (Å²) in [5.41, 5.74) is 0.0498. The summed E-state index contributed by atoms with van der Waals surface area (Å²) in [6.45, 7) is 9.81. The lowest BCUT2D eigenvalue weighted by Crippen LogP contribution is -2.76. The molecular formula is C17H24N2O3. The number of amides is 2. The van der Waals surface area contributed by atoms with Crippen LogP contribution in [0.4, 0.5) is 4.79 Å². The summed E-state index contributed by atoms with van der Waals surface area (Å²) < 4.78 is 5.22. The molecule has 1 fully saturated rings. The normalized spacial score (nSPS) is 20.3. The SMILES string of the molecule is CC(C)(C)OC(=O)N[C@@H]1C(=O)N(Cc2ccccc2)C1(C)C. The van der Waals surface area contributed by atoms with Gasteiger partial charge in [-0.15, -0.1) is 0 Å². The number of carbonyl (C=O) groups excluding carboxylic acids is 2. The van der Waals surface area contributed by atoms with Gasteiger partial charge in [0, 0.05) is 6.54 Å². The van der Waals surface area contributed by atoms with E-state index in [-0.39, 0.29) is 5.91 Å². The third kappa shape index (κ3) is 3.40. The minimum atomic E-state index is -0.579. The van der Waals surface area contributed by atoms with Crippen LogP contribution < -0.4 is 5.32 Å².